The Hall–Kier alpha value is -3.54. The molecule has 0 aliphatic rings. The standard InChI is InChI=1S/C22H20N4O2/c1-4-26-19-11-10-17(13-18(19)23-15(3)22(26)27)21-24-20(28-25-21)12-9-16-7-5-14(2)6-8-16/h5-13H,4H2,1-3H3. The van der Waals surface area contributed by atoms with Gasteiger partial charge in [0.1, 0.15) is 5.69 Å². The molecule has 0 saturated carbocycles. The number of hydrogen-bond donors (Lipinski definition) is 0. The lowest BCUT2D eigenvalue weighted by atomic mass is 10.1. The summed E-state index contributed by atoms with van der Waals surface area (Å²) in [7, 11) is 0. The van der Waals surface area contributed by atoms with Gasteiger partial charge in [0.2, 0.25) is 5.82 Å². The predicted molar refractivity (Wildman–Crippen MR) is 110 cm³/mol. The highest BCUT2D eigenvalue weighted by Gasteiger charge is 2.11. The number of nitrogens with zero attached hydrogens (tertiary/aromatic N) is 4. The second kappa shape index (κ2) is 7.23. The molecule has 0 fully saturated rings. The molecule has 2 aromatic carbocycles. The van der Waals surface area contributed by atoms with E-state index in [1.54, 1.807) is 17.6 Å². The first kappa shape index (κ1) is 17.9. The highest BCUT2D eigenvalue weighted by Crippen LogP contribution is 2.21. The third-order valence-electron chi connectivity index (χ3n) is 4.62. The molecule has 2 heterocycles. The lowest BCUT2D eigenvalue weighted by Crippen LogP contribution is -2.23. The zero-order valence-electron chi connectivity index (χ0n) is 16.0. The van der Waals surface area contributed by atoms with E-state index in [9.17, 15) is 4.79 Å². The molecule has 0 aliphatic carbocycles. The summed E-state index contributed by atoms with van der Waals surface area (Å²) in [5, 5.41) is 4.07. The van der Waals surface area contributed by atoms with Crippen LogP contribution in [0.4, 0.5) is 0 Å². The van der Waals surface area contributed by atoms with Gasteiger partial charge in [0.15, 0.2) is 0 Å². The Balaban J connectivity index is 1.66. The van der Waals surface area contributed by atoms with Crippen molar-refractivity contribution in [1.29, 1.82) is 0 Å². The molecule has 6 nitrogen and oxygen atoms in total. The lowest BCUT2D eigenvalue weighted by molar-refractivity contribution is 0.411. The fourth-order valence-electron chi connectivity index (χ4n) is 3.09. The van der Waals surface area contributed by atoms with E-state index in [-0.39, 0.29) is 5.56 Å². The predicted octanol–water partition coefficient (Wildman–Crippen LogP) is 4.25. The topological polar surface area (TPSA) is 73.8 Å². The Morgan fingerprint density at radius 2 is 1.82 bits per heavy atom. The van der Waals surface area contributed by atoms with Crippen molar-refractivity contribution in [3.63, 3.8) is 0 Å². The van der Waals surface area contributed by atoms with Gasteiger partial charge in [0.25, 0.3) is 11.4 Å². The van der Waals surface area contributed by atoms with Crippen molar-refractivity contribution in [2.45, 2.75) is 27.3 Å². The third kappa shape index (κ3) is 3.36. The second-order valence-corrected chi connectivity index (χ2v) is 6.65. The molecular formula is C22H20N4O2. The smallest absolute Gasteiger partial charge is 0.272 e. The molecule has 0 unspecified atom stereocenters. The summed E-state index contributed by atoms with van der Waals surface area (Å²) in [6.45, 7) is 6.31. The average Bonchev–Trinajstić information content (AvgIpc) is 3.17. The largest absolute Gasteiger partial charge is 0.334 e. The van der Waals surface area contributed by atoms with Crippen molar-refractivity contribution in [2.24, 2.45) is 0 Å². The van der Waals surface area contributed by atoms with Crippen molar-refractivity contribution >= 4 is 23.2 Å². The molecule has 28 heavy (non-hydrogen) atoms. The maximum atomic E-state index is 12.2. The van der Waals surface area contributed by atoms with E-state index in [1.165, 1.54) is 5.56 Å². The molecule has 0 aliphatic heterocycles. The molecule has 0 radical (unpaired) electrons. The van der Waals surface area contributed by atoms with Gasteiger partial charge in [-0.3, -0.25) is 4.79 Å². The van der Waals surface area contributed by atoms with Crippen LogP contribution in [0.5, 0.6) is 0 Å². The quantitative estimate of drug-likeness (QED) is 0.535. The number of aryl methyl sites for hydroxylation is 3. The number of benzene rings is 2. The Morgan fingerprint density at radius 1 is 1.04 bits per heavy atom. The first-order valence-electron chi connectivity index (χ1n) is 9.15. The summed E-state index contributed by atoms with van der Waals surface area (Å²) in [4.78, 5) is 21.1. The van der Waals surface area contributed by atoms with Crippen LogP contribution >= 0.6 is 0 Å². The van der Waals surface area contributed by atoms with Crippen LogP contribution in [0.15, 0.2) is 51.8 Å². The van der Waals surface area contributed by atoms with Crippen LogP contribution < -0.4 is 5.56 Å². The summed E-state index contributed by atoms with van der Waals surface area (Å²) in [5.74, 6) is 0.914. The van der Waals surface area contributed by atoms with E-state index >= 15 is 0 Å². The van der Waals surface area contributed by atoms with E-state index in [0.717, 1.165) is 22.2 Å². The van der Waals surface area contributed by atoms with Crippen LogP contribution in [0.1, 0.15) is 29.6 Å². The van der Waals surface area contributed by atoms with Crippen LogP contribution in [0, 0.1) is 13.8 Å². The molecule has 2 aromatic heterocycles. The lowest BCUT2D eigenvalue weighted by Gasteiger charge is -2.09. The van der Waals surface area contributed by atoms with Gasteiger partial charge >= 0.3 is 0 Å². The number of aromatic nitrogens is 4. The molecule has 4 aromatic rings. The van der Waals surface area contributed by atoms with Crippen molar-refractivity contribution in [3.8, 4) is 11.4 Å². The van der Waals surface area contributed by atoms with Gasteiger partial charge in [-0.1, -0.05) is 35.0 Å². The Kier molecular flexibility index (Phi) is 4.61. The van der Waals surface area contributed by atoms with Crippen molar-refractivity contribution in [1.82, 2.24) is 19.7 Å². The molecule has 0 amide bonds. The summed E-state index contributed by atoms with van der Waals surface area (Å²) < 4.78 is 7.06. The summed E-state index contributed by atoms with van der Waals surface area (Å²) >= 11 is 0. The van der Waals surface area contributed by atoms with Gasteiger partial charge in [0, 0.05) is 18.2 Å². The molecule has 0 bridgehead atoms. The number of fused-ring (bicyclic) bond motifs is 1. The molecule has 0 spiro atoms. The van der Waals surface area contributed by atoms with Gasteiger partial charge in [0.05, 0.1) is 11.0 Å². The van der Waals surface area contributed by atoms with E-state index in [1.807, 2.05) is 43.3 Å². The van der Waals surface area contributed by atoms with Crippen LogP contribution in [0.3, 0.4) is 0 Å². The average molecular weight is 372 g/mol. The highest BCUT2D eigenvalue weighted by molar-refractivity contribution is 5.80. The zero-order valence-corrected chi connectivity index (χ0v) is 16.0. The van der Waals surface area contributed by atoms with Gasteiger partial charge in [-0.05, 0) is 50.6 Å². The molecule has 0 N–H and O–H groups in total. The Bertz CT molecular complexity index is 1230. The maximum Gasteiger partial charge on any atom is 0.272 e. The molecule has 140 valence electrons. The normalized spacial score (nSPS) is 11.5. The van der Waals surface area contributed by atoms with Crippen molar-refractivity contribution in [2.75, 3.05) is 0 Å². The minimum Gasteiger partial charge on any atom is -0.334 e. The molecule has 6 heteroatoms. The number of hydrogen-bond acceptors (Lipinski definition) is 5. The van der Waals surface area contributed by atoms with Crippen LogP contribution in [-0.2, 0) is 6.54 Å². The SMILES string of the molecule is CCn1c(=O)c(C)nc2cc(-c3noc(C=Cc4ccc(C)cc4)n3)ccc21. The minimum absolute atomic E-state index is 0.0640. The van der Waals surface area contributed by atoms with Crippen LogP contribution in [-0.4, -0.2) is 19.7 Å². The monoisotopic (exact) mass is 372 g/mol. The fourth-order valence-corrected chi connectivity index (χ4v) is 3.09. The minimum atomic E-state index is -0.0640. The first-order chi connectivity index (χ1) is 13.5. The summed E-state index contributed by atoms with van der Waals surface area (Å²) in [5.41, 5.74) is 5.01. The van der Waals surface area contributed by atoms with E-state index < -0.39 is 0 Å². The van der Waals surface area contributed by atoms with E-state index in [2.05, 4.69) is 34.2 Å². The van der Waals surface area contributed by atoms with Crippen molar-refractivity contribution in [3.05, 3.63) is 75.5 Å². The molecular weight excluding hydrogens is 352 g/mol. The molecule has 4 rings (SSSR count). The summed E-state index contributed by atoms with van der Waals surface area (Å²) in [6.07, 6.45) is 3.72. The Morgan fingerprint density at radius 3 is 2.57 bits per heavy atom. The summed E-state index contributed by atoms with van der Waals surface area (Å²) in [6, 6.07) is 13.8. The van der Waals surface area contributed by atoms with Crippen molar-refractivity contribution < 1.29 is 4.52 Å². The zero-order chi connectivity index (χ0) is 19.7. The maximum absolute atomic E-state index is 12.2. The second-order valence-electron chi connectivity index (χ2n) is 6.65. The first-order valence-corrected chi connectivity index (χ1v) is 9.15. The third-order valence-corrected chi connectivity index (χ3v) is 4.62. The highest BCUT2D eigenvalue weighted by atomic mass is 16.5. The van der Waals surface area contributed by atoms with E-state index in [4.69, 9.17) is 4.52 Å². The van der Waals surface area contributed by atoms with Gasteiger partial charge in [-0.15, -0.1) is 0 Å². The van der Waals surface area contributed by atoms with Gasteiger partial charge < -0.3 is 9.09 Å². The Labute approximate surface area is 162 Å². The fraction of sp³-hybridized carbons (Fsp3) is 0.182. The van der Waals surface area contributed by atoms with Gasteiger partial charge in [-0.2, -0.15) is 4.98 Å². The van der Waals surface area contributed by atoms with Crippen LogP contribution in [0.2, 0.25) is 0 Å². The molecule has 0 saturated heterocycles. The van der Waals surface area contributed by atoms with E-state index in [0.29, 0.717) is 24.0 Å². The van der Waals surface area contributed by atoms with Gasteiger partial charge in [-0.25, -0.2) is 4.98 Å². The van der Waals surface area contributed by atoms with Crippen LogP contribution in [0.25, 0.3) is 34.6 Å². The molecule has 0 atom stereocenters. The number of rotatable bonds is 4.